The van der Waals surface area contributed by atoms with Gasteiger partial charge in [-0.3, -0.25) is 9.59 Å². The molecule has 0 aromatic rings. The van der Waals surface area contributed by atoms with Crippen LogP contribution < -0.4 is 5.32 Å². The summed E-state index contributed by atoms with van der Waals surface area (Å²) in [5.41, 5.74) is 0.914. The van der Waals surface area contributed by atoms with Crippen molar-refractivity contribution in [2.45, 2.75) is 77.6 Å². The second-order valence-corrected chi connectivity index (χ2v) is 10.1. The van der Waals surface area contributed by atoms with Crippen molar-refractivity contribution < 1.29 is 14.3 Å². The van der Waals surface area contributed by atoms with Crippen LogP contribution >= 0.6 is 12.4 Å². The van der Waals surface area contributed by atoms with Gasteiger partial charge in [-0.2, -0.15) is 0 Å². The molecule has 4 fully saturated rings. The van der Waals surface area contributed by atoms with Crippen LogP contribution in [0.5, 0.6) is 0 Å². The molecule has 2 saturated carbocycles. The minimum Gasteiger partial charge on any atom is -0.466 e. The minimum atomic E-state index is -0.0316. The zero-order valence-corrected chi connectivity index (χ0v) is 18.9. The standard InChI is InChI=1S/C23H38N2O3.ClH/c1-2-28-20(26)15-18-3-5-22(6-4-18)9-13-25(14-10-22)21(27)19-16-23(17-19)7-11-24-12-8-23;/h18-19,24H,2-17H2,1H3;1H. The van der Waals surface area contributed by atoms with Crippen LogP contribution in [0, 0.1) is 22.7 Å². The third-order valence-corrected chi connectivity index (χ3v) is 8.43. The number of hydrogen-bond donors (Lipinski definition) is 1. The lowest BCUT2D eigenvalue weighted by atomic mass is 9.57. The number of amides is 1. The quantitative estimate of drug-likeness (QED) is 0.691. The van der Waals surface area contributed by atoms with Gasteiger partial charge in [0.15, 0.2) is 0 Å². The summed E-state index contributed by atoms with van der Waals surface area (Å²) in [6, 6.07) is 0. The molecule has 2 aliphatic carbocycles. The number of carbonyl (C=O) groups excluding carboxylic acids is 2. The Hall–Kier alpha value is -0.810. The first kappa shape index (κ1) is 22.9. The maximum atomic E-state index is 13.0. The van der Waals surface area contributed by atoms with Gasteiger partial charge >= 0.3 is 5.97 Å². The second-order valence-electron chi connectivity index (χ2n) is 10.1. The van der Waals surface area contributed by atoms with E-state index in [-0.39, 0.29) is 18.4 Å². The third kappa shape index (κ3) is 5.10. The van der Waals surface area contributed by atoms with Gasteiger partial charge in [0.05, 0.1) is 6.61 Å². The summed E-state index contributed by atoms with van der Waals surface area (Å²) < 4.78 is 5.12. The molecule has 1 amide bonds. The van der Waals surface area contributed by atoms with Crippen molar-refractivity contribution in [3.05, 3.63) is 0 Å². The Morgan fingerprint density at radius 3 is 2.17 bits per heavy atom. The molecular formula is C23H39ClN2O3. The van der Waals surface area contributed by atoms with Gasteiger partial charge in [0.2, 0.25) is 5.91 Å². The fourth-order valence-corrected chi connectivity index (χ4v) is 6.43. The largest absolute Gasteiger partial charge is 0.466 e. The monoisotopic (exact) mass is 426 g/mol. The highest BCUT2D eigenvalue weighted by Gasteiger charge is 2.49. The molecular weight excluding hydrogens is 388 g/mol. The molecule has 2 saturated heterocycles. The molecule has 0 bridgehead atoms. The van der Waals surface area contributed by atoms with Crippen molar-refractivity contribution in [1.82, 2.24) is 10.2 Å². The maximum absolute atomic E-state index is 13.0. The molecule has 6 heteroatoms. The smallest absolute Gasteiger partial charge is 0.306 e. The second kappa shape index (κ2) is 9.55. The van der Waals surface area contributed by atoms with Gasteiger partial charge in [0.25, 0.3) is 0 Å². The molecule has 0 radical (unpaired) electrons. The number of rotatable bonds is 4. The van der Waals surface area contributed by atoms with E-state index in [9.17, 15) is 9.59 Å². The predicted molar refractivity (Wildman–Crippen MR) is 116 cm³/mol. The molecule has 0 atom stereocenters. The summed E-state index contributed by atoms with van der Waals surface area (Å²) in [5, 5.41) is 3.45. The number of halogens is 1. The van der Waals surface area contributed by atoms with Crippen molar-refractivity contribution in [3.63, 3.8) is 0 Å². The first-order valence-electron chi connectivity index (χ1n) is 11.7. The van der Waals surface area contributed by atoms with E-state index in [0.717, 1.165) is 64.7 Å². The zero-order chi connectivity index (χ0) is 19.6. The van der Waals surface area contributed by atoms with Gasteiger partial charge in [-0.05, 0) is 101 Å². The fourth-order valence-electron chi connectivity index (χ4n) is 6.43. The molecule has 2 heterocycles. The van der Waals surface area contributed by atoms with Gasteiger partial charge in [-0.1, -0.05) is 0 Å². The van der Waals surface area contributed by atoms with Crippen LogP contribution in [0.2, 0.25) is 0 Å². The lowest BCUT2D eigenvalue weighted by molar-refractivity contribution is -0.148. The van der Waals surface area contributed by atoms with Gasteiger partial charge in [0.1, 0.15) is 0 Å². The fraction of sp³-hybridized carbons (Fsp3) is 0.913. The van der Waals surface area contributed by atoms with E-state index >= 15 is 0 Å². The molecule has 4 rings (SSSR count). The number of piperidine rings is 2. The summed E-state index contributed by atoms with van der Waals surface area (Å²) in [4.78, 5) is 26.9. The SMILES string of the molecule is CCOC(=O)CC1CCC2(CC1)CCN(C(=O)C1CC3(CCNCC3)C1)CC2.Cl. The number of nitrogens with zero attached hydrogens (tertiary/aromatic N) is 1. The Morgan fingerprint density at radius 1 is 0.966 bits per heavy atom. The lowest BCUT2D eigenvalue weighted by Gasteiger charge is -2.52. The van der Waals surface area contributed by atoms with Crippen molar-refractivity contribution >= 4 is 24.3 Å². The summed E-state index contributed by atoms with van der Waals surface area (Å²) in [6.07, 6.45) is 12.4. The zero-order valence-electron chi connectivity index (χ0n) is 18.0. The van der Waals surface area contributed by atoms with Crippen LogP contribution in [0.15, 0.2) is 0 Å². The van der Waals surface area contributed by atoms with E-state index in [2.05, 4.69) is 10.2 Å². The van der Waals surface area contributed by atoms with Crippen molar-refractivity contribution in [2.24, 2.45) is 22.7 Å². The van der Waals surface area contributed by atoms with Crippen molar-refractivity contribution in [1.29, 1.82) is 0 Å². The van der Waals surface area contributed by atoms with E-state index < -0.39 is 0 Å². The van der Waals surface area contributed by atoms with Gasteiger partial charge in [-0.15, -0.1) is 12.4 Å². The number of esters is 1. The Kier molecular flexibility index (Phi) is 7.53. The Balaban J connectivity index is 0.00000240. The van der Waals surface area contributed by atoms with E-state index in [1.54, 1.807) is 0 Å². The van der Waals surface area contributed by atoms with Gasteiger partial charge in [0, 0.05) is 25.4 Å². The molecule has 0 aromatic carbocycles. The van der Waals surface area contributed by atoms with E-state index in [4.69, 9.17) is 4.74 Å². The molecule has 2 aliphatic heterocycles. The normalized spacial score (nSPS) is 28.4. The van der Waals surface area contributed by atoms with Crippen molar-refractivity contribution in [2.75, 3.05) is 32.8 Å². The van der Waals surface area contributed by atoms with Gasteiger partial charge in [-0.25, -0.2) is 0 Å². The highest BCUT2D eigenvalue weighted by atomic mass is 35.5. The Labute approximate surface area is 182 Å². The number of carbonyl (C=O) groups is 2. The molecule has 166 valence electrons. The average Bonchev–Trinajstić information content (AvgIpc) is 2.69. The number of likely N-dealkylation sites (tertiary alicyclic amines) is 1. The molecule has 1 N–H and O–H groups in total. The van der Waals surface area contributed by atoms with Crippen LogP contribution in [0.4, 0.5) is 0 Å². The van der Waals surface area contributed by atoms with Crippen molar-refractivity contribution in [3.8, 4) is 0 Å². The van der Waals surface area contributed by atoms with Crippen LogP contribution in [-0.2, 0) is 14.3 Å². The van der Waals surface area contributed by atoms with Crippen LogP contribution in [0.25, 0.3) is 0 Å². The van der Waals surface area contributed by atoms with Crippen LogP contribution in [0.1, 0.15) is 77.6 Å². The Morgan fingerprint density at radius 2 is 1.59 bits per heavy atom. The summed E-state index contributed by atoms with van der Waals surface area (Å²) in [7, 11) is 0. The topological polar surface area (TPSA) is 58.6 Å². The first-order valence-corrected chi connectivity index (χ1v) is 11.7. The highest BCUT2D eigenvalue weighted by molar-refractivity contribution is 5.85. The maximum Gasteiger partial charge on any atom is 0.306 e. The van der Waals surface area contributed by atoms with Crippen LogP contribution in [-0.4, -0.2) is 49.6 Å². The number of ether oxygens (including phenoxy) is 1. The molecule has 5 nitrogen and oxygen atoms in total. The molecule has 0 unspecified atom stereocenters. The summed E-state index contributed by atoms with van der Waals surface area (Å²) in [5.74, 6) is 1.21. The number of nitrogens with one attached hydrogen (secondary N) is 1. The molecule has 2 spiro atoms. The summed E-state index contributed by atoms with van der Waals surface area (Å²) in [6.45, 7) is 6.52. The molecule has 4 aliphatic rings. The Bertz CT molecular complexity index is 565. The number of hydrogen-bond acceptors (Lipinski definition) is 4. The highest BCUT2D eigenvalue weighted by Crippen LogP contribution is 2.53. The van der Waals surface area contributed by atoms with Crippen LogP contribution in [0.3, 0.4) is 0 Å². The first-order chi connectivity index (χ1) is 13.5. The predicted octanol–water partition coefficient (Wildman–Crippen LogP) is 3.94. The van der Waals surface area contributed by atoms with E-state index in [1.807, 2.05) is 6.92 Å². The van der Waals surface area contributed by atoms with E-state index in [0.29, 0.717) is 41.6 Å². The molecule has 0 aromatic heterocycles. The van der Waals surface area contributed by atoms with Gasteiger partial charge < -0.3 is 15.0 Å². The third-order valence-electron chi connectivity index (χ3n) is 8.43. The summed E-state index contributed by atoms with van der Waals surface area (Å²) >= 11 is 0. The van der Waals surface area contributed by atoms with E-state index in [1.165, 1.54) is 25.7 Å². The molecule has 29 heavy (non-hydrogen) atoms. The average molecular weight is 427 g/mol. The minimum absolute atomic E-state index is 0. The lowest BCUT2D eigenvalue weighted by Crippen LogP contribution is -2.53.